The number of likely N-dealkylation sites (N-methyl/N-ethyl adjacent to an activating group) is 1. The molecule has 2 saturated heterocycles. The largest absolute Gasteiger partial charge is 0.461 e. The van der Waals surface area contributed by atoms with Gasteiger partial charge in [-0.05, 0) is 19.9 Å². The molecule has 4 heteroatoms. The molecule has 0 spiro atoms. The van der Waals surface area contributed by atoms with Gasteiger partial charge in [-0.3, -0.25) is 9.69 Å². The first kappa shape index (κ1) is 9.93. The van der Waals surface area contributed by atoms with Crippen LogP contribution in [0, 0.1) is 0 Å². The third-order valence-corrected chi connectivity index (χ3v) is 3.41. The van der Waals surface area contributed by atoms with Crippen molar-refractivity contribution in [1.29, 1.82) is 0 Å². The molecule has 0 aliphatic carbocycles. The van der Waals surface area contributed by atoms with E-state index in [4.69, 9.17) is 4.74 Å². The van der Waals surface area contributed by atoms with Crippen molar-refractivity contribution in [2.75, 3.05) is 7.05 Å². The fraction of sp³-hybridized carbons (Fsp3) is 0.900. The molecule has 2 aliphatic heterocycles. The number of aliphatic hydroxyl groups is 1. The first-order chi connectivity index (χ1) is 6.58. The van der Waals surface area contributed by atoms with Gasteiger partial charge in [0.05, 0.1) is 6.10 Å². The number of hydrogen-bond donors (Lipinski definition) is 1. The van der Waals surface area contributed by atoms with E-state index in [0.29, 0.717) is 6.04 Å². The van der Waals surface area contributed by atoms with Crippen LogP contribution in [0.25, 0.3) is 0 Å². The van der Waals surface area contributed by atoms with E-state index in [9.17, 15) is 9.90 Å². The minimum absolute atomic E-state index is 0.0142. The van der Waals surface area contributed by atoms with Gasteiger partial charge in [-0.15, -0.1) is 0 Å². The van der Waals surface area contributed by atoms with Gasteiger partial charge in [-0.1, -0.05) is 0 Å². The number of carbonyl (C=O) groups is 1. The Labute approximate surface area is 83.8 Å². The average molecular weight is 199 g/mol. The Kier molecular flexibility index (Phi) is 2.49. The normalized spacial score (nSPS) is 42.5. The van der Waals surface area contributed by atoms with Crippen molar-refractivity contribution in [1.82, 2.24) is 4.90 Å². The number of ether oxygens (including phenoxy) is 1. The van der Waals surface area contributed by atoms with Crippen LogP contribution in [0.4, 0.5) is 0 Å². The summed E-state index contributed by atoms with van der Waals surface area (Å²) in [5.74, 6) is -0.217. The molecule has 0 saturated carbocycles. The lowest BCUT2D eigenvalue weighted by Gasteiger charge is -2.34. The zero-order valence-corrected chi connectivity index (χ0v) is 8.64. The molecule has 2 heterocycles. The monoisotopic (exact) mass is 199 g/mol. The van der Waals surface area contributed by atoms with Gasteiger partial charge in [0.15, 0.2) is 0 Å². The highest BCUT2D eigenvalue weighted by molar-refractivity contribution is 5.66. The molecular formula is C10H17NO3. The summed E-state index contributed by atoms with van der Waals surface area (Å²) < 4.78 is 5.25. The Morgan fingerprint density at radius 3 is 2.79 bits per heavy atom. The van der Waals surface area contributed by atoms with Gasteiger partial charge in [-0.25, -0.2) is 0 Å². The SMILES string of the molecule is CC(=O)O[C@H]1C[C@H]2C[C@@H](O)C[C@@H]1N2C. The zero-order chi connectivity index (χ0) is 10.3. The Hall–Kier alpha value is -0.610. The van der Waals surface area contributed by atoms with Crippen molar-refractivity contribution in [3.05, 3.63) is 0 Å². The predicted molar refractivity (Wildman–Crippen MR) is 50.8 cm³/mol. The number of hydrogen-bond acceptors (Lipinski definition) is 4. The van der Waals surface area contributed by atoms with Crippen LogP contribution in [-0.4, -0.2) is 47.3 Å². The van der Waals surface area contributed by atoms with Crippen LogP contribution in [0.3, 0.4) is 0 Å². The summed E-state index contributed by atoms with van der Waals surface area (Å²) in [6.45, 7) is 1.44. The van der Waals surface area contributed by atoms with E-state index in [0.717, 1.165) is 19.3 Å². The van der Waals surface area contributed by atoms with Crippen LogP contribution in [0.5, 0.6) is 0 Å². The van der Waals surface area contributed by atoms with Gasteiger partial charge in [0, 0.05) is 25.4 Å². The highest BCUT2D eigenvalue weighted by Gasteiger charge is 2.45. The maximum Gasteiger partial charge on any atom is 0.302 e. The van der Waals surface area contributed by atoms with E-state index >= 15 is 0 Å². The lowest BCUT2D eigenvalue weighted by Crippen LogP contribution is -2.44. The number of esters is 1. The van der Waals surface area contributed by atoms with E-state index in [1.54, 1.807) is 0 Å². The van der Waals surface area contributed by atoms with Gasteiger partial charge in [0.25, 0.3) is 0 Å². The number of rotatable bonds is 1. The van der Waals surface area contributed by atoms with Crippen molar-refractivity contribution in [3.8, 4) is 0 Å². The average Bonchev–Trinajstić information content (AvgIpc) is 2.30. The third-order valence-electron chi connectivity index (χ3n) is 3.41. The molecule has 2 aliphatic rings. The van der Waals surface area contributed by atoms with Crippen LogP contribution >= 0.6 is 0 Å². The highest BCUT2D eigenvalue weighted by atomic mass is 16.5. The van der Waals surface area contributed by atoms with E-state index in [2.05, 4.69) is 4.90 Å². The van der Waals surface area contributed by atoms with Crippen molar-refractivity contribution in [2.45, 2.75) is 50.5 Å². The summed E-state index contributed by atoms with van der Waals surface area (Å²) in [4.78, 5) is 13.1. The second-order valence-corrected chi connectivity index (χ2v) is 4.40. The zero-order valence-electron chi connectivity index (χ0n) is 8.64. The molecule has 1 N–H and O–H groups in total. The third kappa shape index (κ3) is 1.64. The van der Waals surface area contributed by atoms with E-state index < -0.39 is 0 Å². The van der Waals surface area contributed by atoms with E-state index in [-0.39, 0.29) is 24.2 Å². The number of piperidine rings is 1. The summed E-state index contributed by atoms with van der Waals surface area (Å²) in [5, 5.41) is 9.59. The van der Waals surface area contributed by atoms with Gasteiger partial charge in [0.2, 0.25) is 0 Å². The highest BCUT2D eigenvalue weighted by Crippen LogP contribution is 2.36. The second kappa shape index (κ2) is 3.51. The van der Waals surface area contributed by atoms with Crippen LogP contribution in [0.2, 0.25) is 0 Å². The molecule has 0 aromatic heterocycles. The van der Waals surface area contributed by atoms with E-state index in [1.807, 2.05) is 7.05 Å². The van der Waals surface area contributed by atoms with Crippen molar-refractivity contribution < 1.29 is 14.6 Å². The summed E-state index contributed by atoms with van der Waals surface area (Å²) in [7, 11) is 2.05. The molecule has 14 heavy (non-hydrogen) atoms. The molecule has 80 valence electrons. The Morgan fingerprint density at radius 2 is 2.14 bits per heavy atom. The van der Waals surface area contributed by atoms with Gasteiger partial charge < -0.3 is 9.84 Å². The Bertz CT molecular complexity index is 244. The molecule has 2 rings (SSSR count). The number of fused-ring (bicyclic) bond motifs is 2. The molecule has 0 amide bonds. The quantitative estimate of drug-likeness (QED) is 0.610. The lowest BCUT2D eigenvalue weighted by molar-refractivity contribution is -0.147. The lowest BCUT2D eigenvalue weighted by atomic mass is 10.0. The van der Waals surface area contributed by atoms with Gasteiger partial charge in [0.1, 0.15) is 6.10 Å². The fourth-order valence-electron chi connectivity index (χ4n) is 2.73. The van der Waals surface area contributed by atoms with Crippen LogP contribution in [-0.2, 0) is 9.53 Å². The summed E-state index contributed by atoms with van der Waals surface area (Å²) >= 11 is 0. The minimum Gasteiger partial charge on any atom is -0.461 e. The molecule has 4 nitrogen and oxygen atoms in total. The minimum atomic E-state index is -0.221. The fourth-order valence-corrected chi connectivity index (χ4v) is 2.73. The van der Waals surface area contributed by atoms with Crippen LogP contribution in [0.1, 0.15) is 26.2 Å². The van der Waals surface area contributed by atoms with Crippen LogP contribution in [0.15, 0.2) is 0 Å². The van der Waals surface area contributed by atoms with Crippen molar-refractivity contribution in [3.63, 3.8) is 0 Å². The second-order valence-electron chi connectivity index (χ2n) is 4.40. The van der Waals surface area contributed by atoms with Gasteiger partial charge in [-0.2, -0.15) is 0 Å². The van der Waals surface area contributed by atoms with Gasteiger partial charge >= 0.3 is 5.97 Å². The number of aliphatic hydroxyl groups excluding tert-OH is 1. The number of carbonyl (C=O) groups excluding carboxylic acids is 1. The summed E-state index contributed by atoms with van der Waals surface area (Å²) in [5.41, 5.74) is 0. The maximum atomic E-state index is 10.9. The molecule has 2 fully saturated rings. The number of nitrogens with zero attached hydrogens (tertiary/aromatic N) is 1. The molecule has 0 unspecified atom stereocenters. The molecular weight excluding hydrogens is 182 g/mol. The maximum absolute atomic E-state index is 10.9. The Morgan fingerprint density at radius 1 is 1.43 bits per heavy atom. The van der Waals surface area contributed by atoms with Crippen LogP contribution < -0.4 is 0 Å². The molecule has 2 bridgehead atoms. The standard InChI is InChI=1S/C10H17NO3/c1-6(12)14-10-4-7-3-8(13)5-9(10)11(7)2/h7-10,13H,3-5H2,1-2H3/t7-,8-,9+,10+/m1/s1. The first-order valence-corrected chi connectivity index (χ1v) is 5.15. The van der Waals surface area contributed by atoms with E-state index in [1.165, 1.54) is 6.92 Å². The molecule has 0 aromatic carbocycles. The molecule has 4 atom stereocenters. The first-order valence-electron chi connectivity index (χ1n) is 5.15. The molecule has 0 aromatic rings. The molecule has 0 radical (unpaired) electrons. The van der Waals surface area contributed by atoms with Crippen molar-refractivity contribution >= 4 is 5.97 Å². The predicted octanol–water partition coefficient (Wildman–Crippen LogP) is 0.145. The smallest absolute Gasteiger partial charge is 0.302 e. The summed E-state index contributed by atoms with van der Waals surface area (Å²) in [6.07, 6.45) is 2.18. The Balaban J connectivity index is 2.05. The summed E-state index contributed by atoms with van der Waals surface area (Å²) in [6, 6.07) is 0.598. The topological polar surface area (TPSA) is 49.8 Å². The van der Waals surface area contributed by atoms with Crippen molar-refractivity contribution in [2.24, 2.45) is 0 Å².